The number of methoxy groups -OCH3 is 1. The molecule has 0 bridgehead atoms. The second kappa shape index (κ2) is 9.30. The number of hydrogen-bond donors (Lipinski definition) is 1. The van der Waals surface area contributed by atoms with Crippen LogP contribution in [0.3, 0.4) is 0 Å². The van der Waals surface area contributed by atoms with Crippen molar-refractivity contribution in [3.8, 4) is 0 Å². The van der Waals surface area contributed by atoms with Gasteiger partial charge < -0.3 is 10.1 Å². The number of hydrogen-bond acceptors (Lipinski definition) is 4. The van der Waals surface area contributed by atoms with Gasteiger partial charge in [0.1, 0.15) is 6.04 Å². The van der Waals surface area contributed by atoms with Crippen LogP contribution in [-0.2, 0) is 20.9 Å². The first kappa shape index (κ1) is 19.2. The molecule has 1 rings (SSSR count). The highest BCUT2D eigenvalue weighted by molar-refractivity contribution is 5.85. The third-order valence-corrected chi connectivity index (χ3v) is 3.64. The predicted octanol–water partition coefficient (Wildman–Crippen LogP) is 2.13. The van der Waals surface area contributed by atoms with Gasteiger partial charge in [-0.1, -0.05) is 38.1 Å². The summed E-state index contributed by atoms with van der Waals surface area (Å²) in [6.07, 6.45) is 0.569. The summed E-state index contributed by atoms with van der Waals surface area (Å²) in [7, 11) is 3.23. The number of benzene rings is 1. The van der Waals surface area contributed by atoms with Gasteiger partial charge in [0.2, 0.25) is 5.91 Å². The number of carbonyl (C=O) groups excluding carboxylic acids is 2. The zero-order valence-corrected chi connectivity index (χ0v) is 14.8. The predicted molar refractivity (Wildman–Crippen MR) is 90.9 cm³/mol. The summed E-state index contributed by atoms with van der Waals surface area (Å²) in [6, 6.07) is 7.52. The largest absolute Gasteiger partial charge is 0.467 e. The minimum Gasteiger partial charge on any atom is -0.467 e. The molecule has 5 nitrogen and oxygen atoms in total. The summed E-state index contributed by atoms with van der Waals surface area (Å²) < 4.78 is 4.76. The van der Waals surface area contributed by atoms with Gasteiger partial charge in [-0.2, -0.15) is 0 Å². The van der Waals surface area contributed by atoms with E-state index in [0.29, 0.717) is 18.9 Å². The van der Waals surface area contributed by atoms with Crippen LogP contribution in [0.2, 0.25) is 0 Å². The molecular weight excluding hydrogens is 292 g/mol. The number of amides is 1. The first-order valence-electron chi connectivity index (χ1n) is 7.93. The van der Waals surface area contributed by atoms with Crippen molar-refractivity contribution in [2.24, 2.45) is 5.92 Å². The molecule has 1 unspecified atom stereocenters. The Morgan fingerprint density at radius 1 is 1.26 bits per heavy atom. The van der Waals surface area contributed by atoms with Gasteiger partial charge >= 0.3 is 5.97 Å². The number of carbonyl (C=O) groups is 2. The van der Waals surface area contributed by atoms with Gasteiger partial charge in [0.25, 0.3) is 0 Å². The monoisotopic (exact) mass is 320 g/mol. The van der Waals surface area contributed by atoms with E-state index < -0.39 is 12.0 Å². The molecule has 5 heteroatoms. The summed E-state index contributed by atoms with van der Waals surface area (Å²) in [5.41, 5.74) is 2.39. The average molecular weight is 320 g/mol. The van der Waals surface area contributed by atoms with Crippen LogP contribution in [0.25, 0.3) is 0 Å². The van der Waals surface area contributed by atoms with E-state index in [1.807, 2.05) is 37.9 Å². The number of likely N-dealkylation sites (N-methyl/N-ethyl adjacent to an activating group) is 1. The topological polar surface area (TPSA) is 58.6 Å². The van der Waals surface area contributed by atoms with Gasteiger partial charge in [-0.15, -0.1) is 0 Å². The number of aryl methyl sites for hydroxylation is 1. The lowest BCUT2D eigenvalue weighted by Crippen LogP contribution is -2.45. The Balaban J connectivity index is 2.56. The number of rotatable bonds is 8. The Hall–Kier alpha value is -1.88. The number of esters is 1. The van der Waals surface area contributed by atoms with E-state index in [0.717, 1.165) is 0 Å². The summed E-state index contributed by atoms with van der Waals surface area (Å²) >= 11 is 0. The first-order valence-corrected chi connectivity index (χ1v) is 7.93. The Labute approximate surface area is 139 Å². The molecule has 128 valence electrons. The van der Waals surface area contributed by atoms with E-state index in [2.05, 4.69) is 24.4 Å². The first-order chi connectivity index (χ1) is 10.8. The van der Waals surface area contributed by atoms with Gasteiger partial charge in [-0.3, -0.25) is 9.69 Å². The molecule has 0 aliphatic rings. The minimum absolute atomic E-state index is 0.169. The van der Waals surface area contributed by atoms with E-state index >= 15 is 0 Å². The van der Waals surface area contributed by atoms with Crippen LogP contribution >= 0.6 is 0 Å². The highest BCUT2D eigenvalue weighted by Crippen LogP contribution is 2.10. The number of ether oxygens (including phenoxy) is 1. The van der Waals surface area contributed by atoms with E-state index in [-0.39, 0.29) is 12.5 Å². The summed E-state index contributed by atoms with van der Waals surface area (Å²) in [5, 5.41) is 2.78. The smallest absolute Gasteiger partial charge is 0.328 e. The second-order valence-electron chi connectivity index (χ2n) is 6.37. The van der Waals surface area contributed by atoms with Crippen LogP contribution < -0.4 is 5.32 Å². The van der Waals surface area contributed by atoms with E-state index in [1.165, 1.54) is 18.2 Å². The lowest BCUT2D eigenvalue weighted by molar-refractivity contribution is -0.145. The molecule has 0 aliphatic heterocycles. The molecule has 1 amide bonds. The number of nitrogens with one attached hydrogen (secondary N) is 1. The third kappa shape index (κ3) is 6.82. The van der Waals surface area contributed by atoms with Crippen molar-refractivity contribution >= 4 is 11.9 Å². The molecule has 1 aromatic carbocycles. The van der Waals surface area contributed by atoms with Gasteiger partial charge in [0, 0.05) is 6.54 Å². The normalized spacial score (nSPS) is 12.3. The maximum absolute atomic E-state index is 12.2. The quantitative estimate of drug-likeness (QED) is 0.746. The fourth-order valence-electron chi connectivity index (χ4n) is 2.45. The van der Waals surface area contributed by atoms with E-state index in [1.54, 1.807) is 0 Å². The van der Waals surface area contributed by atoms with Crippen molar-refractivity contribution in [2.75, 3.05) is 20.7 Å². The van der Waals surface area contributed by atoms with Crippen LogP contribution in [0.4, 0.5) is 0 Å². The van der Waals surface area contributed by atoms with Crippen molar-refractivity contribution in [2.45, 2.75) is 39.8 Å². The molecular formula is C18H28N2O3. The van der Waals surface area contributed by atoms with Gasteiger partial charge in [0.15, 0.2) is 0 Å². The van der Waals surface area contributed by atoms with Crippen molar-refractivity contribution < 1.29 is 14.3 Å². The van der Waals surface area contributed by atoms with Gasteiger partial charge in [0.05, 0.1) is 13.7 Å². The minimum atomic E-state index is -0.584. The molecule has 0 saturated heterocycles. The standard InChI is InChI=1S/C18H28N2O3/c1-13(2)10-16(18(22)23-5)19-17(21)12-20(4)11-15-9-7-6-8-14(15)3/h6-9,13,16H,10-12H2,1-5H3,(H,19,21). The maximum atomic E-state index is 12.2. The van der Waals surface area contributed by atoms with Crippen molar-refractivity contribution in [3.05, 3.63) is 35.4 Å². The van der Waals surface area contributed by atoms with Crippen LogP contribution in [-0.4, -0.2) is 43.5 Å². The maximum Gasteiger partial charge on any atom is 0.328 e. The fourth-order valence-corrected chi connectivity index (χ4v) is 2.45. The molecule has 23 heavy (non-hydrogen) atoms. The van der Waals surface area contributed by atoms with Gasteiger partial charge in [-0.25, -0.2) is 4.79 Å². The Kier molecular flexibility index (Phi) is 7.75. The second-order valence-corrected chi connectivity index (χ2v) is 6.37. The van der Waals surface area contributed by atoms with E-state index in [9.17, 15) is 9.59 Å². The molecule has 1 N–H and O–H groups in total. The van der Waals surface area contributed by atoms with Gasteiger partial charge in [-0.05, 0) is 37.4 Å². The van der Waals surface area contributed by atoms with Crippen LogP contribution in [0.15, 0.2) is 24.3 Å². The third-order valence-electron chi connectivity index (χ3n) is 3.64. The molecule has 0 heterocycles. The van der Waals surface area contributed by atoms with Crippen molar-refractivity contribution in [1.82, 2.24) is 10.2 Å². The Bertz CT molecular complexity index is 529. The van der Waals surface area contributed by atoms with E-state index in [4.69, 9.17) is 4.74 Å². The summed E-state index contributed by atoms with van der Waals surface area (Å²) in [4.78, 5) is 25.9. The zero-order chi connectivity index (χ0) is 17.4. The summed E-state index contributed by atoms with van der Waals surface area (Å²) in [5.74, 6) is -0.269. The molecule has 0 radical (unpaired) electrons. The fraction of sp³-hybridized carbons (Fsp3) is 0.556. The molecule has 0 aliphatic carbocycles. The lowest BCUT2D eigenvalue weighted by atomic mass is 10.0. The summed E-state index contributed by atoms with van der Waals surface area (Å²) in [6.45, 7) is 6.99. The SMILES string of the molecule is COC(=O)C(CC(C)C)NC(=O)CN(C)Cc1ccccc1C. The van der Waals surface area contributed by atoms with Crippen molar-refractivity contribution in [1.29, 1.82) is 0 Å². The molecule has 0 spiro atoms. The zero-order valence-electron chi connectivity index (χ0n) is 14.8. The average Bonchev–Trinajstić information content (AvgIpc) is 2.47. The molecule has 0 aromatic heterocycles. The lowest BCUT2D eigenvalue weighted by Gasteiger charge is -2.21. The number of nitrogens with zero attached hydrogens (tertiary/aromatic N) is 1. The molecule has 0 fully saturated rings. The molecule has 1 atom stereocenters. The van der Waals surface area contributed by atoms with Crippen LogP contribution in [0.1, 0.15) is 31.4 Å². The van der Waals surface area contributed by atoms with Crippen LogP contribution in [0.5, 0.6) is 0 Å². The highest BCUT2D eigenvalue weighted by Gasteiger charge is 2.23. The molecule has 1 aromatic rings. The highest BCUT2D eigenvalue weighted by atomic mass is 16.5. The Morgan fingerprint density at radius 3 is 2.48 bits per heavy atom. The molecule has 0 saturated carbocycles. The van der Waals surface area contributed by atoms with Crippen molar-refractivity contribution in [3.63, 3.8) is 0 Å². The Morgan fingerprint density at radius 2 is 1.91 bits per heavy atom. The van der Waals surface area contributed by atoms with Crippen LogP contribution in [0, 0.1) is 12.8 Å².